The van der Waals surface area contributed by atoms with Crippen molar-refractivity contribution < 1.29 is 4.79 Å². The molecule has 0 unspecified atom stereocenters. The molecule has 2 aliphatic heterocycles. The number of aryl methyl sites for hydroxylation is 1. The number of hydrogen-bond donors (Lipinski definition) is 3. The van der Waals surface area contributed by atoms with Gasteiger partial charge in [-0.2, -0.15) is 0 Å². The molecule has 0 aromatic heterocycles. The van der Waals surface area contributed by atoms with Crippen molar-refractivity contribution in [3.05, 3.63) is 77.4 Å². The third-order valence-electron chi connectivity index (χ3n) is 7.72. The number of carbonyl (C=O) groups excluding carboxylic acids is 1. The van der Waals surface area contributed by atoms with E-state index in [1.165, 1.54) is 36.7 Å². The van der Waals surface area contributed by atoms with Crippen molar-refractivity contribution in [1.82, 2.24) is 15.5 Å². The van der Waals surface area contributed by atoms with Gasteiger partial charge in [-0.25, -0.2) is 0 Å². The lowest BCUT2D eigenvalue weighted by atomic mass is 9.99. The molecule has 5 nitrogen and oxygen atoms in total. The first-order valence-corrected chi connectivity index (χ1v) is 13.2. The molecule has 0 aliphatic carbocycles. The first kappa shape index (κ1) is 23.8. The van der Waals surface area contributed by atoms with Gasteiger partial charge in [-0.15, -0.1) is 0 Å². The maximum Gasteiger partial charge on any atom is 0.252 e. The van der Waals surface area contributed by atoms with E-state index < -0.39 is 0 Å². The van der Waals surface area contributed by atoms with E-state index >= 15 is 0 Å². The average molecular weight is 471 g/mol. The first-order valence-electron chi connectivity index (χ1n) is 13.2. The Morgan fingerprint density at radius 3 is 2.66 bits per heavy atom. The fraction of sp³-hybridized carbons (Fsp3) is 0.433. The molecule has 5 rings (SSSR count). The van der Waals surface area contributed by atoms with Crippen molar-refractivity contribution in [1.29, 1.82) is 0 Å². The highest BCUT2D eigenvalue weighted by atomic mass is 16.1. The van der Waals surface area contributed by atoms with E-state index in [4.69, 9.17) is 0 Å². The van der Waals surface area contributed by atoms with Gasteiger partial charge >= 0.3 is 0 Å². The van der Waals surface area contributed by atoms with Gasteiger partial charge in [0, 0.05) is 43.0 Å². The summed E-state index contributed by atoms with van der Waals surface area (Å²) in [6.45, 7) is 8.70. The number of amides is 1. The van der Waals surface area contributed by atoms with Crippen LogP contribution in [0.5, 0.6) is 0 Å². The maximum absolute atomic E-state index is 13.3. The van der Waals surface area contributed by atoms with Crippen LogP contribution in [0.2, 0.25) is 0 Å². The van der Waals surface area contributed by atoms with Crippen LogP contribution in [0, 0.1) is 6.92 Å². The van der Waals surface area contributed by atoms with Crippen LogP contribution in [0.25, 0.3) is 10.8 Å². The largest absolute Gasteiger partial charge is 0.382 e. The van der Waals surface area contributed by atoms with E-state index in [0.717, 1.165) is 48.3 Å². The Morgan fingerprint density at radius 1 is 1.06 bits per heavy atom. The molecular weight excluding hydrogens is 432 g/mol. The van der Waals surface area contributed by atoms with Gasteiger partial charge in [0.1, 0.15) is 0 Å². The Kier molecular flexibility index (Phi) is 7.35. The number of carbonyl (C=O) groups is 1. The van der Waals surface area contributed by atoms with Crippen molar-refractivity contribution in [2.24, 2.45) is 0 Å². The van der Waals surface area contributed by atoms with Gasteiger partial charge in [0.15, 0.2) is 0 Å². The molecule has 184 valence electrons. The molecule has 5 heteroatoms. The molecule has 2 saturated heterocycles. The number of likely N-dealkylation sites (tertiary alicyclic amines) is 1. The molecule has 3 aromatic rings. The SMILES string of the molecule is Cc1ccc(NC2CCN(C[C@@H]3CCCN3)CC2)cc1C(=O)N[C@H](C)c1cccc2ccccc12. The topological polar surface area (TPSA) is 56.4 Å². The summed E-state index contributed by atoms with van der Waals surface area (Å²) in [5.41, 5.74) is 3.92. The first-order chi connectivity index (χ1) is 17.1. The third-order valence-corrected chi connectivity index (χ3v) is 7.72. The van der Waals surface area contributed by atoms with Crippen LogP contribution in [0.4, 0.5) is 5.69 Å². The highest BCUT2D eigenvalue weighted by Gasteiger charge is 2.23. The summed E-state index contributed by atoms with van der Waals surface area (Å²) in [5.74, 6) is -0.0227. The second-order valence-electron chi connectivity index (χ2n) is 10.3. The standard InChI is InChI=1S/C30H38N4O/c1-21-12-13-25(33-24-14-17-34(18-15-24)20-26-9-6-16-31-26)19-29(21)30(35)32-22(2)27-11-5-8-23-7-3-4-10-28(23)27/h3-5,7-8,10-13,19,22,24,26,31,33H,6,9,14-18,20H2,1-2H3,(H,32,35)/t22-,26+/m1/s1. The molecule has 0 spiro atoms. The summed E-state index contributed by atoms with van der Waals surface area (Å²) >= 11 is 0. The van der Waals surface area contributed by atoms with E-state index in [0.29, 0.717) is 12.1 Å². The molecule has 35 heavy (non-hydrogen) atoms. The van der Waals surface area contributed by atoms with Crippen LogP contribution in [0.15, 0.2) is 60.7 Å². The molecule has 0 radical (unpaired) electrons. The number of nitrogens with zero attached hydrogens (tertiary/aromatic N) is 1. The molecule has 2 fully saturated rings. The molecular formula is C30H38N4O. The minimum Gasteiger partial charge on any atom is -0.382 e. The van der Waals surface area contributed by atoms with Crippen LogP contribution in [0.3, 0.4) is 0 Å². The van der Waals surface area contributed by atoms with Crippen LogP contribution in [-0.4, -0.2) is 49.1 Å². The number of anilines is 1. The lowest BCUT2D eigenvalue weighted by Crippen LogP contribution is -2.44. The van der Waals surface area contributed by atoms with E-state index in [1.807, 2.05) is 19.1 Å². The number of fused-ring (bicyclic) bond motifs is 1. The van der Waals surface area contributed by atoms with Crippen molar-refractivity contribution in [3.8, 4) is 0 Å². The lowest BCUT2D eigenvalue weighted by molar-refractivity contribution is 0.0939. The van der Waals surface area contributed by atoms with Crippen LogP contribution >= 0.6 is 0 Å². The van der Waals surface area contributed by atoms with Crippen molar-refractivity contribution in [3.63, 3.8) is 0 Å². The van der Waals surface area contributed by atoms with Crippen molar-refractivity contribution >= 4 is 22.4 Å². The fourth-order valence-corrected chi connectivity index (χ4v) is 5.66. The molecule has 0 saturated carbocycles. The smallest absolute Gasteiger partial charge is 0.252 e. The number of nitrogens with one attached hydrogen (secondary N) is 3. The summed E-state index contributed by atoms with van der Waals surface area (Å²) in [6.07, 6.45) is 4.90. The summed E-state index contributed by atoms with van der Waals surface area (Å²) in [4.78, 5) is 15.9. The highest BCUT2D eigenvalue weighted by Crippen LogP contribution is 2.25. The predicted octanol–water partition coefficient (Wildman–Crippen LogP) is 5.27. The maximum atomic E-state index is 13.3. The number of benzene rings is 3. The van der Waals surface area contributed by atoms with E-state index in [-0.39, 0.29) is 11.9 Å². The molecule has 2 heterocycles. The lowest BCUT2D eigenvalue weighted by Gasteiger charge is -2.34. The second kappa shape index (κ2) is 10.8. The van der Waals surface area contributed by atoms with E-state index in [1.54, 1.807) is 0 Å². The summed E-state index contributed by atoms with van der Waals surface area (Å²) < 4.78 is 0. The van der Waals surface area contributed by atoms with E-state index in [2.05, 4.69) is 76.3 Å². The number of piperidine rings is 1. The Labute approximate surface area is 209 Å². The highest BCUT2D eigenvalue weighted by molar-refractivity contribution is 5.97. The Morgan fingerprint density at radius 2 is 1.86 bits per heavy atom. The number of rotatable bonds is 7. The van der Waals surface area contributed by atoms with Gasteiger partial charge in [-0.1, -0.05) is 48.5 Å². The fourth-order valence-electron chi connectivity index (χ4n) is 5.66. The Bertz CT molecular complexity index is 1160. The van der Waals surface area contributed by atoms with Gasteiger partial charge in [0.2, 0.25) is 0 Å². The zero-order valence-corrected chi connectivity index (χ0v) is 21.0. The minimum absolute atomic E-state index is 0.0227. The minimum atomic E-state index is -0.0803. The normalized spacial score (nSPS) is 20.1. The second-order valence-corrected chi connectivity index (χ2v) is 10.3. The van der Waals surface area contributed by atoms with Gasteiger partial charge in [0.25, 0.3) is 5.91 Å². The summed E-state index contributed by atoms with van der Waals surface area (Å²) in [5, 5.41) is 12.9. The molecule has 2 atom stereocenters. The summed E-state index contributed by atoms with van der Waals surface area (Å²) in [6, 6.07) is 21.9. The zero-order chi connectivity index (χ0) is 24.2. The zero-order valence-electron chi connectivity index (χ0n) is 21.0. The predicted molar refractivity (Wildman–Crippen MR) is 145 cm³/mol. The van der Waals surface area contributed by atoms with Crippen LogP contribution in [0.1, 0.15) is 60.1 Å². The van der Waals surface area contributed by atoms with Gasteiger partial charge in [-0.3, -0.25) is 4.79 Å². The van der Waals surface area contributed by atoms with Gasteiger partial charge in [-0.05, 0) is 80.1 Å². The van der Waals surface area contributed by atoms with Crippen LogP contribution < -0.4 is 16.0 Å². The summed E-state index contributed by atoms with van der Waals surface area (Å²) in [7, 11) is 0. The Balaban J connectivity index is 1.21. The quantitative estimate of drug-likeness (QED) is 0.440. The number of hydrogen-bond acceptors (Lipinski definition) is 4. The molecule has 3 aromatic carbocycles. The molecule has 0 bridgehead atoms. The van der Waals surface area contributed by atoms with Crippen LogP contribution in [-0.2, 0) is 0 Å². The average Bonchev–Trinajstić information content (AvgIpc) is 3.39. The van der Waals surface area contributed by atoms with Crippen molar-refractivity contribution in [2.75, 3.05) is 31.5 Å². The molecule has 1 amide bonds. The molecule has 3 N–H and O–H groups in total. The van der Waals surface area contributed by atoms with Gasteiger partial charge in [0.05, 0.1) is 6.04 Å². The van der Waals surface area contributed by atoms with E-state index in [9.17, 15) is 4.79 Å². The third kappa shape index (κ3) is 5.68. The van der Waals surface area contributed by atoms with Gasteiger partial charge < -0.3 is 20.9 Å². The monoisotopic (exact) mass is 470 g/mol. The molecule has 2 aliphatic rings. The van der Waals surface area contributed by atoms with Crippen molar-refractivity contribution in [2.45, 2.75) is 57.7 Å². The Hall–Kier alpha value is -2.89.